The molecule has 2 aromatic rings. The summed E-state index contributed by atoms with van der Waals surface area (Å²) in [6.45, 7) is 2.99. The molecule has 1 aliphatic heterocycles. The highest BCUT2D eigenvalue weighted by Gasteiger charge is 2.15. The highest BCUT2D eigenvalue weighted by Crippen LogP contribution is 2.33. The number of aryl methyl sites for hydroxylation is 1. The molecule has 0 atom stereocenters. The summed E-state index contributed by atoms with van der Waals surface area (Å²) in [4.78, 5) is 0. The van der Waals surface area contributed by atoms with Crippen molar-refractivity contribution in [2.24, 2.45) is 0 Å². The Kier molecular flexibility index (Phi) is 2.17. The molecule has 3 rings (SSSR count). The molecular weight excluding hydrogens is 196 g/mol. The standard InChI is InChI=1S/C15H14O/c1-11-9-13(12-5-3-2-4-6-12)10-15-14(11)7-8-16-15/h2-6,9-10H,7-8H2,1H3. The van der Waals surface area contributed by atoms with Crippen LogP contribution in [0, 0.1) is 6.92 Å². The van der Waals surface area contributed by atoms with Crippen molar-refractivity contribution in [2.45, 2.75) is 13.3 Å². The number of hydrogen-bond donors (Lipinski definition) is 0. The van der Waals surface area contributed by atoms with Crippen molar-refractivity contribution in [3.63, 3.8) is 0 Å². The van der Waals surface area contributed by atoms with Gasteiger partial charge in [-0.25, -0.2) is 0 Å². The summed E-state index contributed by atoms with van der Waals surface area (Å²) in [7, 11) is 0. The van der Waals surface area contributed by atoms with Crippen LogP contribution in [0.4, 0.5) is 0 Å². The Morgan fingerprint density at radius 3 is 2.62 bits per heavy atom. The molecule has 1 heterocycles. The van der Waals surface area contributed by atoms with Crippen molar-refractivity contribution in [2.75, 3.05) is 6.61 Å². The van der Waals surface area contributed by atoms with Crippen LogP contribution in [0.3, 0.4) is 0 Å². The number of ether oxygens (including phenoxy) is 1. The Bertz CT molecular complexity index is 514. The van der Waals surface area contributed by atoms with Crippen LogP contribution in [0.25, 0.3) is 11.1 Å². The van der Waals surface area contributed by atoms with Crippen molar-refractivity contribution < 1.29 is 4.74 Å². The van der Waals surface area contributed by atoms with E-state index in [0.29, 0.717) is 0 Å². The smallest absolute Gasteiger partial charge is 0.123 e. The molecule has 1 aliphatic rings. The zero-order chi connectivity index (χ0) is 11.0. The van der Waals surface area contributed by atoms with Crippen LogP contribution in [0.5, 0.6) is 5.75 Å². The maximum atomic E-state index is 5.64. The molecular formula is C15H14O. The van der Waals surface area contributed by atoms with E-state index in [9.17, 15) is 0 Å². The molecule has 0 aliphatic carbocycles. The van der Waals surface area contributed by atoms with Gasteiger partial charge in [0, 0.05) is 12.0 Å². The van der Waals surface area contributed by atoms with Crippen molar-refractivity contribution in [3.8, 4) is 16.9 Å². The first-order valence-electron chi connectivity index (χ1n) is 5.66. The first kappa shape index (κ1) is 9.46. The third-order valence-electron chi connectivity index (χ3n) is 3.15. The summed E-state index contributed by atoms with van der Waals surface area (Å²) in [5, 5.41) is 0. The second-order valence-electron chi connectivity index (χ2n) is 4.23. The summed E-state index contributed by atoms with van der Waals surface area (Å²) < 4.78 is 5.64. The van der Waals surface area contributed by atoms with Crippen molar-refractivity contribution in [3.05, 3.63) is 53.6 Å². The molecule has 0 spiro atoms. The highest BCUT2D eigenvalue weighted by molar-refractivity contribution is 5.68. The molecule has 16 heavy (non-hydrogen) atoms. The summed E-state index contributed by atoms with van der Waals surface area (Å²) in [5.41, 5.74) is 5.22. The molecule has 0 unspecified atom stereocenters. The second kappa shape index (κ2) is 3.67. The lowest BCUT2D eigenvalue weighted by atomic mass is 9.98. The molecule has 0 fully saturated rings. The van der Waals surface area contributed by atoms with Gasteiger partial charge in [-0.1, -0.05) is 36.4 Å². The van der Waals surface area contributed by atoms with Gasteiger partial charge in [-0.05, 0) is 29.7 Å². The van der Waals surface area contributed by atoms with E-state index in [1.807, 2.05) is 6.07 Å². The van der Waals surface area contributed by atoms with E-state index in [4.69, 9.17) is 4.74 Å². The van der Waals surface area contributed by atoms with Gasteiger partial charge in [0.1, 0.15) is 5.75 Å². The Labute approximate surface area is 95.7 Å². The quantitative estimate of drug-likeness (QED) is 0.698. The summed E-state index contributed by atoms with van der Waals surface area (Å²) in [6, 6.07) is 14.9. The van der Waals surface area contributed by atoms with Crippen LogP contribution in [0.1, 0.15) is 11.1 Å². The lowest BCUT2D eigenvalue weighted by molar-refractivity contribution is 0.357. The van der Waals surface area contributed by atoms with Gasteiger partial charge in [0.2, 0.25) is 0 Å². The third kappa shape index (κ3) is 1.49. The SMILES string of the molecule is Cc1cc(-c2ccccc2)cc2c1CCO2. The largest absolute Gasteiger partial charge is 0.493 e. The van der Waals surface area contributed by atoms with E-state index in [1.54, 1.807) is 0 Å². The number of benzene rings is 2. The van der Waals surface area contributed by atoms with Crippen molar-refractivity contribution >= 4 is 0 Å². The van der Waals surface area contributed by atoms with Gasteiger partial charge >= 0.3 is 0 Å². The van der Waals surface area contributed by atoms with Crippen LogP contribution in [-0.4, -0.2) is 6.61 Å². The Hall–Kier alpha value is -1.76. The predicted octanol–water partition coefficient (Wildman–Crippen LogP) is 3.60. The fourth-order valence-corrected chi connectivity index (χ4v) is 2.29. The second-order valence-corrected chi connectivity index (χ2v) is 4.23. The summed E-state index contributed by atoms with van der Waals surface area (Å²) >= 11 is 0. The highest BCUT2D eigenvalue weighted by atomic mass is 16.5. The molecule has 1 nitrogen and oxygen atoms in total. The fraction of sp³-hybridized carbons (Fsp3) is 0.200. The van der Waals surface area contributed by atoms with Crippen LogP contribution in [0.15, 0.2) is 42.5 Å². The van der Waals surface area contributed by atoms with Gasteiger partial charge in [-0.15, -0.1) is 0 Å². The zero-order valence-electron chi connectivity index (χ0n) is 9.36. The molecule has 0 radical (unpaired) electrons. The zero-order valence-corrected chi connectivity index (χ0v) is 9.36. The predicted molar refractivity (Wildman–Crippen MR) is 65.8 cm³/mol. The molecule has 1 heteroatoms. The number of hydrogen-bond acceptors (Lipinski definition) is 1. The van der Waals surface area contributed by atoms with E-state index < -0.39 is 0 Å². The molecule has 0 saturated carbocycles. The lowest BCUT2D eigenvalue weighted by Gasteiger charge is -2.07. The average molecular weight is 210 g/mol. The first-order chi connectivity index (χ1) is 7.84. The van der Waals surface area contributed by atoms with Crippen molar-refractivity contribution in [1.82, 2.24) is 0 Å². The Morgan fingerprint density at radius 1 is 1.00 bits per heavy atom. The van der Waals surface area contributed by atoms with E-state index >= 15 is 0 Å². The molecule has 0 amide bonds. The fourth-order valence-electron chi connectivity index (χ4n) is 2.29. The monoisotopic (exact) mass is 210 g/mol. The van der Waals surface area contributed by atoms with Crippen LogP contribution < -0.4 is 4.74 Å². The van der Waals surface area contributed by atoms with Gasteiger partial charge in [0.05, 0.1) is 6.61 Å². The molecule has 80 valence electrons. The van der Waals surface area contributed by atoms with Gasteiger partial charge in [0.25, 0.3) is 0 Å². The molecule has 2 aromatic carbocycles. The normalized spacial score (nSPS) is 13.3. The topological polar surface area (TPSA) is 9.23 Å². The minimum Gasteiger partial charge on any atom is -0.493 e. The number of rotatable bonds is 1. The Balaban J connectivity index is 2.13. The average Bonchev–Trinajstić information content (AvgIpc) is 2.79. The Morgan fingerprint density at radius 2 is 1.81 bits per heavy atom. The van der Waals surface area contributed by atoms with E-state index in [1.165, 1.54) is 22.3 Å². The molecule has 0 saturated heterocycles. The first-order valence-corrected chi connectivity index (χ1v) is 5.66. The molecule has 0 bridgehead atoms. The summed E-state index contributed by atoms with van der Waals surface area (Å²) in [6.07, 6.45) is 1.05. The minimum absolute atomic E-state index is 0.828. The van der Waals surface area contributed by atoms with E-state index in [-0.39, 0.29) is 0 Å². The maximum Gasteiger partial charge on any atom is 0.123 e. The van der Waals surface area contributed by atoms with Crippen molar-refractivity contribution in [1.29, 1.82) is 0 Å². The van der Waals surface area contributed by atoms with Gasteiger partial charge in [-0.3, -0.25) is 0 Å². The molecule has 0 N–H and O–H groups in total. The van der Waals surface area contributed by atoms with Crippen LogP contribution in [0.2, 0.25) is 0 Å². The minimum atomic E-state index is 0.828. The van der Waals surface area contributed by atoms with E-state index in [0.717, 1.165) is 18.8 Å². The van der Waals surface area contributed by atoms with Gasteiger partial charge in [-0.2, -0.15) is 0 Å². The number of fused-ring (bicyclic) bond motifs is 1. The van der Waals surface area contributed by atoms with E-state index in [2.05, 4.69) is 43.3 Å². The van der Waals surface area contributed by atoms with Gasteiger partial charge in [0.15, 0.2) is 0 Å². The van der Waals surface area contributed by atoms with Crippen LogP contribution in [-0.2, 0) is 6.42 Å². The lowest BCUT2D eigenvalue weighted by Crippen LogP contribution is -1.86. The summed E-state index contributed by atoms with van der Waals surface area (Å²) in [5.74, 6) is 1.07. The third-order valence-corrected chi connectivity index (χ3v) is 3.15. The maximum absolute atomic E-state index is 5.64. The molecule has 0 aromatic heterocycles. The van der Waals surface area contributed by atoms with Crippen LogP contribution >= 0.6 is 0 Å². The van der Waals surface area contributed by atoms with Gasteiger partial charge < -0.3 is 4.74 Å².